The van der Waals surface area contributed by atoms with Gasteiger partial charge in [0.1, 0.15) is 11.4 Å². The van der Waals surface area contributed by atoms with Crippen molar-refractivity contribution in [2.75, 3.05) is 6.54 Å². The number of hydrogen-bond donors (Lipinski definition) is 2. The molecule has 37 heavy (non-hydrogen) atoms. The van der Waals surface area contributed by atoms with E-state index in [1.165, 1.54) is 11.5 Å². The second-order valence-corrected chi connectivity index (χ2v) is 12.1. The van der Waals surface area contributed by atoms with Crippen LogP contribution in [0.15, 0.2) is 40.8 Å². The summed E-state index contributed by atoms with van der Waals surface area (Å²) in [5.74, 6) is -0.267. The van der Waals surface area contributed by atoms with Gasteiger partial charge in [-0.25, -0.2) is 4.98 Å². The summed E-state index contributed by atoms with van der Waals surface area (Å²) in [6, 6.07) is 9.32. The highest BCUT2D eigenvalue weighted by atomic mass is 32.1. The molecule has 3 aromatic rings. The number of benzene rings is 1. The second-order valence-electron chi connectivity index (χ2n) is 10.4. The van der Waals surface area contributed by atoms with Crippen LogP contribution in [0, 0.1) is 19.8 Å². The van der Waals surface area contributed by atoms with Gasteiger partial charge in [-0.3, -0.25) is 9.59 Å². The fraction of sp³-hybridized carbons (Fsp3) is 0.444. The Morgan fingerprint density at radius 2 is 1.97 bits per heavy atom. The van der Waals surface area contributed by atoms with Gasteiger partial charge in [-0.2, -0.15) is 9.37 Å². The summed E-state index contributed by atoms with van der Waals surface area (Å²) >= 11 is 2.93. The summed E-state index contributed by atoms with van der Waals surface area (Å²) in [5, 5.41) is 13.9. The predicted octanol–water partition coefficient (Wildman–Crippen LogP) is 4.03. The molecule has 0 radical (unpaired) electrons. The van der Waals surface area contributed by atoms with Crippen molar-refractivity contribution < 1.29 is 14.7 Å². The first-order chi connectivity index (χ1) is 17.6. The average molecular weight is 538 g/mol. The van der Waals surface area contributed by atoms with E-state index in [1.54, 1.807) is 16.2 Å². The van der Waals surface area contributed by atoms with Gasteiger partial charge in [0.25, 0.3) is 5.91 Å². The Labute approximate surface area is 224 Å². The normalized spacial score (nSPS) is 24.5. The summed E-state index contributed by atoms with van der Waals surface area (Å²) in [5.41, 5.74) is 4.47. The number of aliphatic imine (C=N–C) groups is 1. The molecule has 0 bridgehead atoms. The van der Waals surface area contributed by atoms with Gasteiger partial charge < -0.3 is 15.3 Å². The molecule has 2 aliphatic rings. The first-order valence-electron chi connectivity index (χ1n) is 12.4. The van der Waals surface area contributed by atoms with Crippen molar-refractivity contribution in [3.8, 4) is 10.4 Å². The SMILES string of the molecule is Cc1cc([C@@H](C(=O)N2C[C@H](O)C[C@H]2C2=NC(=O)[C@](C)(c3ccc(-c4scnc4C)cc3)N2)C(C)C)sn1. The maximum Gasteiger partial charge on any atom is 0.277 e. The zero-order chi connectivity index (χ0) is 26.5. The van der Waals surface area contributed by atoms with Crippen LogP contribution >= 0.6 is 22.9 Å². The number of aliphatic hydroxyl groups excluding tert-OH is 1. The maximum absolute atomic E-state index is 13.8. The van der Waals surface area contributed by atoms with Crippen LogP contribution in [0.25, 0.3) is 10.4 Å². The molecule has 2 N–H and O–H groups in total. The number of hydrogen-bond acceptors (Lipinski definition) is 8. The smallest absolute Gasteiger partial charge is 0.277 e. The van der Waals surface area contributed by atoms with Crippen LogP contribution in [-0.2, 0) is 15.1 Å². The van der Waals surface area contributed by atoms with Crippen molar-refractivity contribution in [3.05, 3.63) is 57.7 Å². The molecule has 4 heterocycles. The molecule has 1 saturated heterocycles. The van der Waals surface area contributed by atoms with Crippen LogP contribution in [0.2, 0.25) is 0 Å². The van der Waals surface area contributed by atoms with Crippen LogP contribution < -0.4 is 5.32 Å². The molecule has 1 fully saturated rings. The van der Waals surface area contributed by atoms with Gasteiger partial charge >= 0.3 is 0 Å². The summed E-state index contributed by atoms with van der Waals surface area (Å²) in [6.45, 7) is 9.95. The maximum atomic E-state index is 13.8. The number of likely N-dealkylation sites (tertiary alicyclic amines) is 1. The van der Waals surface area contributed by atoms with E-state index in [0.29, 0.717) is 12.3 Å². The van der Waals surface area contributed by atoms with Crippen molar-refractivity contribution in [2.45, 2.75) is 64.6 Å². The van der Waals surface area contributed by atoms with E-state index in [1.807, 2.05) is 70.5 Å². The molecule has 2 aliphatic heterocycles. The van der Waals surface area contributed by atoms with Crippen LogP contribution in [-0.4, -0.2) is 55.7 Å². The molecule has 1 aromatic carbocycles. The lowest BCUT2D eigenvalue weighted by atomic mass is 9.90. The highest BCUT2D eigenvalue weighted by molar-refractivity contribution is 7.13. The molecule has 0 aliphatic carbocycles. The van der Waals surface area contributed by atoms with E-state index in [4.69, 9.17) is 0 Å². The first-order valence-corrected chi connectivity index (χ1v) is 14.1. The van der Waals surface area contributed by atoms with Gasteiger partial charge in [-0.1, -0.05) is 38.1 Å². The van der Waals surface area contributed by atoms with Crippen molar-refractivity contribution in [3.63, 3.8) is 0 Å². The van der Waals surface area contributed by atoms with Gasteiger partial charge in [0.05, 0.1) is 39.8 Å². The number of amides is 2. The second kappa shape index (κ2) is 9.74. The minimum atomic E-state index is -1.05. The predicted molar refractivity (Wildman–Crippen MR) is 146 cm³/mol. The molecule has 194 valence electrons. The Bertz CT molecular complexity index is 1360. The lowest BCUT2D eigenvalue weighted by Crippen LogP contribution is -2.51. The van der Waals surface area contributed by atoms with Crippen molar-refractivity contribution >= 4 is 40.5 Å². The zero-order valence-corrected chi connectivity index (χ0v) is 23.2. The van der Waals surface area contributed by atoms with E-state index >= 15 is 0 Å². The molecule has 0 saturated carbocycles. The molecular formula is C27H31N5O3S2. The fourth-order valence-corrected chi connectivity index (χ4v) is 7.03. The number of rotatable bonds is 6. The Kier molecular flexibility index (Phi) is 6.76. The Morgan fingerprint density at radius 1 is 1.24 bits per heavy atom. The van der Waals surface area contributed by atoms with Crippen LogP contribution in [0.3, 0.4) is 0 Å². The Balaban J connectivity index is 1.39. The summed E-state index contributed by atoms with van der Waals surface area (Å²) in [4.78, 5) is 39.4. The van der Waals surface area contributed by atoms with E-state index in [2.05, 4.69) is 19.7 Å². The number of aliphatic hydroxyl groups is 1. The number of aromatic nitrogens is 2. The van der Waals surface area contributed by atoms with Gasteiger partial charge in [0.15, 0.2) is 0 Å². The van der Waals surface area contributed by atoms with Crippen LogP contribution in [0.4, 0.5) is 0 Å². The van der Waals surface area contributed by atoms with E-state index in [0.717, 1.165) is 32.3 Å². The largest absolute Gasteiger partial charge is 0.391 e. The van der Waals surface area contributed by atoms with Gasteiger partial charge in [-0.15, -0.1) is 11.3 Å². The number of β-amino-alcohol motifs (C(OH)–C–C–N with tert-alkyl or cyclic N) is 1. The molecular weight excluding hydrogens is 506 g/mol. The quantitative estimate of drug-likeness (QED) is 0.492. The average Bonchev–Trinajstić information content (AvgIpc) is 3.62. The molecule has 10 heteroatoms. The van der Waals surface area contributed by atoms with Gasteiger partial charge in [0, 0.05) is 17.8 Å². The third kappa shape index (κ3) is 4.62. The number of thiazole rings is 1. The molecule has 0 spiro atoms. The minimum absolute atomic E-state index is 0.0526. The third-order valence-electron chi connectivity index (χ3n) is 7.26. The van der Waals surface area contributed by atoms with Crippen LogP contribution in [0.1, 0.15) is 54.9 Å². The van der Waals surface area contributed by atoms with Crippen molar-refractivity contribution in [2.24, 2.45) is 10.9 Å². The standard InChI is InChI=1S/C27H31N5O3S2/c1-14(2)22(21-10-15(3)31-37-21)25(34)32-12-19(33)11-20(32)24-29-26(35)27(5,30-24)18-8-6-17(7-9-18)23-16(4)28-13-36-23/h6-10,13-14,19-20,22,33H,11-12H2,1-5H3,(H,29,30,35)/t19-,20+,22+,27+/m1/s1. The molecule has 2 amide bonds. The third-order valence-corrected chi connectivity index (χ3v) is 9.20. The molecule has 2 aromatic heterocycles. The first kappa shape index (κ1) is 25.7. The highest BCUT2D eigenvalue weighted by Crippen LogP contribution is 2.36. The van der Waals surface area contributed by atoms with Crippen LogP contribution in [0.5, 0.6) is 0 Å². The van der Waals surface area contributed by atoms with Gasteiger partial charge in [0.2, 0.25) is 5.91 Å². The number of amidine groups is 1. The van der Waals surface area contributed by atoms with E-state index in [-0.39, 0.29) is 30.2 Å². The molecule has 5 rings (SSSR count). The highest BCUT2D eigenvalue weighted by Gasteiger charge is 2.48. The molecule has 0 unspecified atom stereocenters. The number of carbonyl (C=O) groups is 2. The Hall–Kier alpha value is -2.95. The fourth-order valence-electron chi connectivity index (χ4n) is 5.21. The molecule has 8 nitrogen and oxygen atoms in total. The van der Waals surface area contributed by atoms with Crippen molar-refractivity contribution in [1.29, 1.82) is 0 Å². The zero-order valence-electron chi connectivity index (χ0n) is 21.6. The number of aryl methyl sites for hydroxylation is 2. The number of nitrogens with one attached hydrogen (secondary N) is 1. The van der Waals surface area contributed by atoms with E-state index in [9.17, 15) is 14.7 Å². The Morgan fingerprint density at radius 3 is 2.57 bits per heavy atom. The summed E-state index contributed by atoms with van der Waals surface area (Å²) in [7, 11) is 0. The molecule has 4 atom stereocenters. The van der Waals surface area contributed by atoms with Crippen molar-refractivity contribution in [1.82, 2.24) is 19.6 Å². The van der Waals surface area contributed by atoms with Gasteiger partial charge in [-0.05, 0) is 55.4 Å². The number of nitrogens with zero attached hydrogens (tertiary/aromatic N) is 4. The lowest BCUT2D eigenvalue weighted by molar-refractivity contribution is -0.134. The monoisotopic (exact) mass is 537 g/mol. The van der Waals surface area contributed by atoms with E-state index < -0.39 is 17.7 Å². The summed E-state index contributed by atoms with van der Waals surface area (Å²) in [6.07, 6.45) is -0.352. The summed E-state index contributed by atoms with van der Waals surface area (Å²) < 4.78 is 4.37. The lowest BCUT2D eigenvalue weighted by Gasteiger charge is -2.31. The topological polar surface area (TPSA) is 108 Å². The number of carbonyl (C=O) groups excluding carboxylic acids is 2. The minimum Gasteiger partial charge on any atom is -0.391 e.